The molecule has 4 nitrogen and oxygen atoms in total. The standard InChI is InChI=1S/C21H29NO3/c1-4-13-25-19-8-6-7-18(14-19)16-22-12-11-17-9-10-20(24-5-2)21(15-17)23-3/h6-10,14-15,22H,4-5,11-13,16H2,1-3H3. The molecule has 0 heterocycles. The summed E-state index contributed by atoms with van der Waals surface area (Å²) in [7, 11) is 1.67. The molecule has 2 aromatic rings. The van der Waals surface area contributed by atoms with Crippen LogP contribution < -0.4 is 19.5 Å². The molecule has 0 amide bonds. The largest absolute Gasteiger partial charge is 0.494 e. The minimum Gasteiger partial charge on any atom is -0.494 e. The van der Waals surface area contributed by atoms with Gasteiger partial charge in [-0.05, 0) is 61.7 Å². The monoisotopic (exact) mass is 343 g/mol. The van der Waals surface area contributed by atoms with Crippen molar-refractivity contribution in [2.75, 3.05) is 26.9 Å². The highest BCUT2D eigenvalue weighted by atomic mass is 16.5. The lowest BCUT2D eigenvalue weighted by Gasteiger charge is -2.11. The second kappa shape index (κ2) is 10.6. The van der Waals surface area contributed by atoms with E-state index >= 15 is 0 Å². The zero-order chi connectivity index (χ0) is 17.9. The highest BCUT2D eigenvalue weighted by Gasteiger charge is 2.05. The maximum Gasteiger partial charge on any atom is 0.161 e. The molecule has 0 saturated heterocycles. The van der Waals surface area contributed by atoms with Gasteiger partial charge in [0.1, 0.15) is 5.75 Å². The molecule has 0 aliphatic heterocycles. The first-order valence-electron chi connectivity index (χ1n) is 8.99. The van der Waals surface area contributed by atoms with E-state index < -0.39 is 0 Å². The zero-order valence-corrected chi connectivity index (χ0v) is 15.5. The number of hydrogen-bond acceptors (Lipinski definition) is 4. The molecule has 1 N–H and O–H groups in total. The van der Waals surface area contributed by atoms with Gasteiger partial charge in [0.25, 0.3) is 0 Å². The number of benzene rings is 2. The maximum atomic E-state index is 5.67. The van der Waals surface area contributed by atoms with Crippen molar-refractivity contribution >= 4 is 0 Å². The van der Waals surface area contributed by atoms with Gasteiger partial charge in [-0.1, -0.05) is 25.1 Å². The Morgan fingerprint density at radius 1 is 0.920 bits per heavy atom. The average Bonchev–Trinajstić information content (AvgIpc) is 2.65. The number of methoxy groups -OCH3 is 1. The van der Waals surface area contributed by atoms with Crippen molar-refractivity contribution in [2.24, 2.45) is 0 Å². The molecule has 0 fully saturated rings. The van der Waals surface area contributed by atoms with Gasteiger partial charge >= 0.3 is 0 Å². The molecule has 0 saturated carbocycles. The van der Waals surface area contributed by atoms with Crippen LogP contribution in [0.2, 0.25) is 0 Å². The van der Waals surface area contributed by atoms with Gasteiger partial charge in [0, 0.05) is 6.54 Å². The normalized spacial score (nSPS) is 10.5. The van der Waals surface area contributed by atoms with E-state index in [1.165, 1.54) is 11.1 Å². The lowest BCUT2D eigenvalue weighted by atomic mass is 10.1. The highest BCUT2D eigenvalue weighted by molar-refractivity contribution is 5.43. The molecule has 0 atom stereocenters. The predicted molar refractivity (Wildman–Crippen MR) is 102 cm³/mol. The van der Waals surface area contributed by atoms with E-state index in [9.17, 15) is 0 Å². The average molecular weight is 343 g/mol. The van der Waals surface area contributed by atoms with Crippen LogP contribution in [0.3, 0.4) is 0 Å². The van der Waals surface area contributed by atoms with Crippen molar-refractivity contribution in [3.8, 4) is 17.2 Å². The number of rotatable bonds is 11. The van der Waals surface area contributed by atoms with Crippen LogP contribution >= 0.6 is 0 Å². The minimum atomic E-state index is 0.637. The topological polar surface area (TPSA) is 39.7 Å². The molecular formula is C21H29NO3. The minimum absolute atomic E-state index is 0.637. The van der Waals surface area contributed by atoms with Crippen molar-refractivity contribution in [3.05, 3.63) is 53.6 Å². The van der Waals surface area contributed by atoms with Crippen molar-refractivity contribution in [1.29, 1.82) is 0 Å². The van der Waals surface area contributed by atoms with Gasteiger partial charge in [-0.2, -0.15) is 0 Å². The van der Waals surface area contributed by atoms with E-state index in [1.54, 1.807) is 7.11 Å². The number of nitrogens with one attached hydrogen (secondary N) is 1. The van der Waals surface area contributed by atoms with Crippen LogP contribution in [-0.4, -0.2) is 26.9 Å². The SMILES string of the molecule is CCCOc1cccc(CNCCc2ccc(OCC)c(OC)c2)c1. The zero-order valence-electron chi connectivity index (χ0n) is 15.5. The Hall–Kier alpha value is -2.20. The molecule has 0 bridgehead atoms. The van der Waals surface area contributed by atoms with E-state index in [-0.39, 0.29) is 0 Å². The molecule has 2 rings (SSSR count). The molecule has 0 aliphatic carbocycles. The summed E-state index contributed by atoms with van der Waals surface area (Å²) < 4.78 is 16.6. The van der Waals surface area contributed by atoms with Crippen molar-refractivity contribution in [1.82, 2.24) is 5.32 Å². The lowest BCUT2D eigenvalue weighted by molar-refractivity contribution is 0.310. The summed E-state index contributed by atoms with van der Waals surface area (Å²) in [6.45, 7) is 7.21. The van der Waals surface area contributed by atoms with Crippen LogP contribution in [0.4, 0.5) is 0 Å². The summed E-state index contributed by atoms with van der Waals surface area (Å²) in [4.78, 5) is 0. The van der Waals surface area contributed by atoms with Crippen molar-refractivity contribution in [2.45, 2.75) is 33.2 Å². The Bertz CT molecular complexity index is 643. The highest BCUT2D eigenvalue weighted by Crippen LogP contribution is 2.28. The molecule has 25 heavy (non-hydrogen) atoms. The quantitative estimate of drug-likeness (QED) is 0.620. The smallest absolute Gasteiger partial charge is 0.161 e. The second-order valence-electron chi connectivity index (χ2n) is 5.84. The molecule has 0 radical (unpaired) electrons. The van der Waals surface area contributed by atoms with Gasteiger partial charge in [0.15, 0.2) is 11.5 Å². The molecule has 0 unspecified atom stereocenters. The van der Waals surface area contributed by atoms with Gasteiger partial charge in [-0.15, -0.1) is 0 Å². The van der Waals surface area contributed by atoms with Crippen LogP contribution in [-0.2, 0) is 13.0 Å². The molecule has 0 aromatic heterocycles. The van der Waals surface area contributed by atoms with Crippen LogP contribution in [0.5, 0.6) is 17.2 Å². The Morgan fingerprint density at radius 2 is 1.80 bits per heavy atom. The summed E-state index contributed by atoms with van der Waals surface area (Å²) in [5.41, 5.74) is 2.46. The predicted octanol–water partition coefficient (Wildman–Crippen LogP) is 4.22. The molecule has 2 aromatic carbocycles. The number of ether oxygens (including phenoxy) is 3. The molecule has 4 heteroatoms. The fourth-order valence-corrected chi connectivity index (χ4v) is 2.57. The maximum absolute atomic E-state index is 5.67. The van der Waals surface area contributed by atoms with Crippen molar-refractivity contribution < 1.29 is 14.2 Å². The van der Waals surface area contributed by atoms with Gasteiger partial charge in [0.05, 0.1) is 20.3 Å². The van der Waals surface area contributed by atoms with Gasteiger partial charge in [0.2, 0.25) is 0 Å². The summed E-state index contributed by atoms with van der Waals surface area (Å²) in [6, 6.07) is 14.4. The fourth-order valence-electron chi connectivity index (χ4n) is 2.57. The third kappa shape index (κ3) is 6.31. The molecule has 0 aliphatic rings. The van der Waals surface area contributed by atoms with Gasteiger partial charge in [-0.25, -0.2) is 0 Å². The van der Waals surface area contributed by atoms with Gasteiger partial charge < -0.3 is 19.5 Å². The first kappa shape index (κ1) is 19.1. The Kier molecular flexibility index (Phi) is 8.13. The van der Waals surface area contributed by atoms with E-state index in [2.05, 4.69) is 30.4 Å². The summed E-state index contributed by atoms with van der Waals surface area (Å²) >= 11 is 0. The summed E-state index contributed by atoms with van der Waals surface area (Å²) in [6.07, 6.45) is 1.96. The van der Waals surface area contributed by atoms with Crippen LogP contribution in [0.15, 0.2) is 42.5 Å². The molecule has 0 spiro atoms. The van der Waals surface area contributed by atoms with Crippen LogP contribution in [0.25, 0.3) is 0 Å². The van der Waals surface area contributed by atoms with Crippen molar-refractivity contribution in [3.63, 3.8) is 0 Å². The second-order valence-corrected chi connectivity index (χ2v) is 5.84. The first-order valence-corrected chi connectivity index (χ1v) is 8.99. The molecule has 136 valence electrons. The Labute approximate surface area is 151 Å². The Morgan fingerprint density at radius 3 is 2.56 bits per heavy atom. The van der Waals surface area contributed by atoms with Gasteiger partial charge in [-0.3, -0.25) is 0 Å². The van der Waals surface area contributed by atoms with Crippen LogP contribution in [0, 0.1) is 0 Å². The summed E-state index contributed by atoms with van der Waals surface area (Å²) in [5.74, 6) is 2.53. The van der Waals surface area contributed by atoms with E-state index in [1.807, 2.05) is 31.2 Å². The van der Waals surface area contributed by atoms with E-state index in [4.69, 9.17) is 14.2 Å². The Balaban J connectivity index is 1.81. The lowest BCUT2D eigenvalue weighted by Crippen LogP contribution is -2.16. The summed E-state index contributed by atoms with van der Waals surface area (Å²) in [5, 5.41) is 3.48. The first-order chi connectivity index (χ1) is 12.3. The van der Waals surface area contributed by atoms with Crippen LogP contribution in [0.1, 0.15) is 31.4 Å². The third-order valence-electron chi connectivity index (χ3n) is 3.82. The number of hydrogen-bond donors (Lipinski definition) is 1. The fraction of sp³-hybridized carbons (Fsp3) is 0.429. The van der Waals surface area contributed by atoms with E-state index in [0.717, 1.165) is 49.8 Å². The third-order valence-corrected chi connectivity index (χ3v) is 3.82. The molecular weight excluding hydrogens is 314 g/mol. The van der Waals surface area contributed by atoms with E-state index in [0.29, 0.717) is 6.61 Å².